The van der Waals surface area contributed by atoms with Crippen molar-refractivity contribution in [3.63, 3.8) is 0 Å². The highest BCUT2D eigenvalue weighted by Gasteiger charge is 2.05. The maximum atomic E-state index is 11.0. The van der Waals surface area contributed by atoms with Gasteiger partial charge in [-0.05, 0) is 17.2 Å². The zero-order chi connectivity index (χ0) is 14.2. The van der Waals surface area contributed by atoms with Crippen molar-refractivity contribution in [2.75, 3.05) is 12.4 Å². The second-order valence-electron chi connectivity index (χ2n) is 4.08. The Morgan fingerprint density at radius 1 is 1.10 bits per heavy atom. The van der Waals surface area contributed by atoms with E-state index in [1.54, 1.807) is 11.8 Å². The Morgan fingerprint density at radius 3 is 2.55 bits per heavy atom. The van der Waals surface area contributed by atoms with Gasteiger partial charge in [0, 0.05) is 16.7 Å². The van der Waals surface area contributed by atoms with E-state index in [0.717, 1.165) is 5.75 Å². The molecule has 0 unspecified atom stereocenters. The fourth-order valence-electron chi connectivity index (χ4n) is 1.80. The van der Waals surface area contributed by atoms with Crippen molar-refractivity contribution in [1.29, 1.82) is 0 Å². The monoisotopic (exact) mass is 284 g/mol. The lowest BCUT2D eigenvalue weighted by atomic mass is 10.1. The molecular weight excluding hydrogens is 268 g/mol. The maximum absolute atomic E-state index is 11.0. The van der Waals surface area contributed by atoms with Gasteiger partial charge in [-0.3, -0.25) is 0 Å². The quantitative estimate of drug-likeness (QED) is 0.344. The average molecular weight is 284 g/mol. The lowest BCUT2D eigenvalue weighted by molar-refractivity contribution is -0.137. The molecule has 0 amide bonds. The van der Waals surface area contributed by atoms with Crippen LogP contribution in [-0.4, -0.2) is 18.3 Å². The number of hydrogen-bond acceptors (Lipinski definition) is 3. The Kier molecular flexibility index (Phi) is 5.44. The number of hydrogen-bond donors (Lipinski definition) is 0. The molecule has 2 aromatic rings. The van der Waals surface area contributed by atoms with Crippen LogP contribution in [0.5, 0.6) is 0 Å². The molecule has 0 heterocycles. The summed E-state index contributed by atoms with van der Waals surface area (Å²) in [6.07, 6.45) is 1.18. The minimum Gasteiger partial charge on any atom is -0.462 e. The lowest BCUT2D eigenvalue weighted by Gasteiger charge is -2.09. The van der Waals surface area contributed by atoms with Gasteiger partial charge in [0.15, 0.2) is 0 Å². The summed E-state index contributed by atoms with van der Waals surface area (Å²) in [5, 5.41) is 0. The Hall–Kier alpha value is -2.00. The van der Waals surface area contributed by atoms with E-state index in [1.165, 1.54) is 22.1 Å². The van der Waals surface area contributed by atoms with E-state index >= 15 is 0 Å². The van der Waals surface area contributed by atoms with Crippen molar-refractivity contribution in [3.05, 3.63) is 67.3 Å². The molecule has 0 aliphatic heterocycles. The zero-order valence-corrected chi connectivity index (χ0v) is 11.9. The summed E-state index contributed by atoms with van der Waals surface area (Å²) in [7, 11) is 0. The third-order valence-electron chi connectivity index (χ3n) is 2.72. The van der Waals surface area contributed by atoms with Crippen LogP contribution in [0.4, 0.5) is 0 Å². The van der Waals surface area contributed by atoms with Crippen LogP contribution in [0.15, 0.2) is 72.1 Å². The smallest absolute Gasteiger partial charge is 0.330 e. The van der Waals surface area contributed by atoms with Crippen LogP contribution >= 0.6 is 11.8 Å². The molecule has 0 spiro atoms. The number of thioether (sulfide) groups is 1. The van der Waals surface area contributed by atoms with Crippen molar-refractivity contribution in [3.8, 4) is 11.1 Å². The molecule has 0 aromatic heterocycles. The summed E-state index contributed by atoms with van der Waals surface area (Å²) >= 11 is 1.68. The molecule has 3 heteroatoms. The Bertz CT molecular complexity index is 579. The molecule has 0 atom stereocenters. The van der Waals surface area contributed by atoms with Crippen LogP contribution in [0.3, 0.4) is 0 Å². The number of rotatable bonds is 6. The van der Waals surface area contributed by atoms with Crippen molar-refractivity contribution >= 4 is 17.7 Å². The first kappa shape index (κ1) is 14.4. The number of carbonyl (C=O) groups excluding carboxylic acids is 1. The van der Waals surface area contributed by atoms with Crippen LogP contribution in [0.2, 0.25) is 0 Å². The van der Waals surface area contributed by atoms with E-state index in [2.05, 4.69) is 30.8 Å². The Balaban J connectivity index is 2.02. The molecule has 102 valence electrons. The van der Waals surface area contributed by atoms with Gasteiger partial charge in [0.05, 0.1) is 0 Å². The van der Waals surface area contributed by atoms with Crippen LogP contribution in [0, 0.1) is 0 Å². The van der Waals surface area contributed by atoms with Crippen molar-refractivity contribution in [2.24, 2.45) is 0 Å². The van der Waals surface area contributed by atoms with Crippen LogP contribution in [0.25, 0.3) is 11.1 Å². The molecule has 2 nitrogen and oxygen atoms in total. The molecule has 0 bridgehead atoms. The van der Waals surface area contributed by atoms with E-state index in [1.807, 2.05) is 30.3 Å². The molecule has 2 rings (SSSR count). The van der Waals surface area contributed by atoms with Crippen LogP contribution in [-0.2, 0) is 9.53 Å². The molecule has 0 fully saturated rings. The number of ether oxygens (including phenoxy) is 1. The highest BCUT2D eigenvalue weighted by Crippen LogP contribution is 2.30. The van der Waals surface area contributed by atoms with E-state index in [4.69, 9.17) is 4.74 Å². The van der Waals surface area contributed by atoms with Crippen molar-refractivity contribution < 1.29 is 9.53 Å². The van der Waals surface area contributed by atoms with Crippen LogP contribution in [0.1, 0.15) is 0 Å². The second-order valence-corrected chi connectivity index (χ2v) is 5.22. The molecule has 0 saturated carbocycles. The summed E-state index contributed by atoms with van der Waals surface area (Å²) in [5.74, 6) is 0.352. The minimum atomic E-state index is -0.373. The standard InChI is InChI=1S/C17H16O2S/c1-2-17(18)19-12-13-20-16-11-7-6-10-15(16)14-8-4-3-5-9-14/h2-11H,1,12-13H2. The number of carbonyl (C=O) groups is 1. The first-order chi connectivity index (χ1) is 9.81. The van der Waals surface area contributed by atoms with Crippen molar-refractivity contribution in [2.45, 2.75) is 4.90 Å². The molecule has 0 radical (unpaired) electrons. The van der Waals surface area contributed by atoms with E-state index in [0.29, 0.717) is 6.61 Å². The molecule has 20 heavy (non-hydrogen) atoms. The van der Waals surface area contributed by atoms with Crippen molar-refractivity contribution in [1.82, 2.24) is 0 Å². The Morgan fingerprint density at radius 2 is 1.80 bits per heavy atom. The fraction of sp³-hybridized carbons (Fsp3) is 0.118. The molecule has 0 aliphatic carbocycles. The van der Waals surface area contributed by atoms with Gasteiger partial charge in [0.25, 0.3) is 0 Å². The van der Waals surface area contributed by atoms with Gasteiger partial charge in [-0.2, -0.15) is 0 Å². The second kappa shape index (κ2) is 7.56. The number of benzene rings is 2. The van der Waals surface area contributed by atoms with E-state index in [-0.39, 0.29) is 5.97 Å². The molecule has 0 saturated heterocycles. The summed E-state index contributed by atoms with van der Waals surface area (Å²) in [4.78, 5) is 12.2. The topological polar surface area (TPSA) is 26.3 Å². The van der Waals surface area contributed by atoms with Gasteiger partial charge in [-0.25, -0.2) is 4.79 Å². The van der Waals surface area contributed by atoms with Gasteiger partial charge in [0.2, 0.25) is 0 Å². The zero-order valence-electron chi connectivity index (χ0n) is 11.1. The molecular formula is C17H16O2S. The first-order valence-electron chi connectivity index (χ1n) is 6.37. The predicted octanol–water partition coefficient (Wildman–Crippen LogP) is 4.17. The molecule has 0 aliphatic rings. The average Bonchev–Trinajstić information content (AvgIpc) is 2.52. The van der Waals surface area contributed by atoms with E-state index in [9.17, 15) is 4.79 Å². The molecule has 0 N–H and O–H groups in total. The summed E-state index contributed by atoms with van der Waals surface area (Å²) in [6.45, 7) is 3.76. The lowest BCUT2D eigenvalue weighted by Crippen LogP contribution is -2.03. The maximum Gasteiger partial charge on any atom is 0.330 e. The third-order valence-corrected chi connectivity index (χ3v) is 3.76. The normalized spacial score (nSPS) is 10.0. The largest absolute Gasteiger partial charge is 0.462 e. The summed E-state index contributed by atoms with van der Waals surface area (Å²) in [6, 6.07) is 18.5. The van der Waals surface area contributed by atoms with Gasteiger partial charge in [-0.15, -0.1) is 11.8 Å². The fourth-order valence-corrected chi connectivity index (χ4v) is 2.70. The number of esters is 1. The molecule has 2 aromatic carbocycles. The van der Waals surface area contributed by atoms with Gasteiger partial charge < -0.3 is 4.74 Å². The van der Waals surface area contributed by atoms with Crippen LogP contribution < -0.4 is 0 Å². The van der Waals surface area contributed by atoms with Gasteiger partial charge in [-0.1, -0.05) is 55.1 Å². The third kappa shape index (κ3) is 4.00. The predicted molar refractivity (Wildman–Crippen MR) is 83.8 cm³/mol. The Labute approximate surface area is 123 Å². The summed E-state index contributed by atoms with van der Waals surface area (Å²) in [5.41, 5.74) is 2.40. The highest BCUT2D eigenvalue weighted by atomic mass is 32.2. The van der Waals surface area contributed by atoms with E-state index < -0.39 is 0 Å². The SMILES string of the molecule is C=CC(=O)OCCSc1ccccc1-c1ccccc1. The highest BCUT2D eigenvalue weighted by molar-refractivity contribution is 7.99. The first-order valence-corrected chi connectivity index (χ1v) is 7.36. The van der Waals surface area contributed by atoms with Gasteiger partial charge in [0.1, 0.15) is 6.61 Å². The minimum absolute atomic E-state index is 0.373. The summed E-state index contributed by atoms with van der Waals surface area (Å²) < 4.78 is 4.98. The van der Waals surface area contributed by atoms with Gasteiger partial charge >= 0.3 is 5.97 Å².